The second-order valence-corrected chi connectivity index (χ2v) is 11.4. The highest BCUT2D eigenvalue weighted by atomic mass is 19.4. The number of unbranched alkanes of at least 4 members (excludes halogenated alkanes) is 1. The summed E-state index contributed by atoms with van der Waals surface area (Å²) in [6.07, 6.45) is -2.84. The van der Waals surface area contributed by atoms with E-state index in [9.17, 15) is 31.5 Å². The summed E-state index contributed by atoms with van der Waals surface area (Å²) in [5.41, 5.74) is -0.919. The summed E-state index contributed by atoms with van der Waals surface area (Å²) in [6.45, 7) is 5.05. The van der Waals surface area contributed by atoms with Gasteiger partial charge in [0.05, 0.1) is 6.17 Å². The minimum atomic E-state index is -4.66. The molecule has 2 aromatic carbocycles. The van der Waals surface area contributed by atoms with Crippen LogP contribution in [0.15, 0.2) is 36.4 Å². The standard InChI is InChI=1S/C29H34F5N3O3/c1-27(2,3)40-26(39)36-24-7-6-14-37(24)13-5-4-12-28(25(38)35-17-29(32,33)34)22-15-18(30)8-10-20(22)21-11-9-19(31)16-23(21)28/h8-11,15-16,24H,4-7,12-14,17H2,1-3H3,(H,35,38)(H,36,39). The first-order valence-electron chi connectivity index (χ1n) is 13.4. The van der Waals surface area contributed by atoms with Gasteiger partial charge in [0.15, 0.2) is 0 Å². The van der Waals surface area contributed by atoms with E-state index in [4.69, 9.17) is 4.74 Å². The molecule has 2 amide bonds. The lowest BCUT2D eigenvalue weighted by molar-refractivity contribution is -0.141. The quantitative estimate of drug-likeness (QED) is 0.302. The number of nitrogens with one attached hydrogen (secondary N) is 2. The number of benzene rings is 2. The van der Waals surface area contributed by atoms with Crippen LogP contribution >= 0.6 is 0 Å². The number of ether oxygens (including phenoxy) is 1. The molecule has 218 valence electrons. The van der Waals surface area contributed by atoms with Gasteiger partial charge in [0.2, 0.25) is 5.91 Å². The molecule has 1 atom stereocenters. The van der Waals surface area contributed by atoms with Crippen LogP contribution in [-0.2, 0) is 14.9 Å². The fourth-order valence-corrected chi connectivity index (χ4v) is 5.72. The van der Waals surface area contributed by atoms with Gasteiger partial charge >= 0.3 is 12.3 Å². The highest BCUT2D eigenvalue weighted by Crippen LogP contribution is 2.52. The maximum Gasteiger partial charge on any atom is 0.408 e. The molecule has 0 bridgehead atoms. The van der Waals surface area contributed by atoms with Crippen LogP contribution in [0.25, 0.3) is 11.1 Å². The van der Waals surface area contributed by atoms with Gasteiger partial charge in [-0.2, -0.15) is 13.2 Å². The number of hydrogen-bond acceptors (Lipinski definition) is 4. The third-order valence-corrected chi connectivity index (χ3v) is 7.30. The highest BCUT2D eigenvalue weighted by Gasteiger charge is 2.50. The van der Waals surface area contributed by atoms with Crippen LogP contribution in [0.1, 0.15) is 64.0 Å². The van der Waals surface area contributed by atoms with Crippen LogP contribution in [0.3, 0.4) is 0 Å². The number of alkyl halides is 3. The van der Waals surface area contributed by atoms with Gasteiger partial charge in [-0.3, -0.25) is 9.69 Å². The lowest BCUT2D eigenvalue weighted by atomic mass is 9.73. The Kier molecular flexibility index (Phi) is 8.44. The number of nitrogens with zero attached hydrogens (tertiary/aromatic N) is 1. The van der Waals surface area contributed by atoms with Crippen molar-refractivity contribution in [2.45, 2.75) is 76.2 Å². The first kappa shape index (κ1) is 29.8. The zero-order chi connectivity index (χ0) is 29.3. The molecule has 1 heterocycles. The minimum Gasteiger partial charge on any atom is -0.444 e. The molecule has 6 nitrogen and oxygen atoms in total. The molecule has 0 saturated carbocycles. The van der Waals surface area contributed by atoms with Crippen molar-refractivity contribution in [3.8, 4) is 11.1 Å². The van der Waals surface area contributed by atoms with Gasteiger partial charge in [-0.1, -0.05) is 18.6 Å². The summed E-state index contributed by atoms with van der Waals surface area (Å²) in [6, 6.07) is 7.67. The molecule has 2 N–H and O–H groups in total. The van der Waals surface area contributed by atoms with Gasteiger partial charge in [0.25, 0.3) is 0 Å². The largest absolute Gasteiger partial charge is 0.444 e. The monoisotopic (exact) mass is 567 g/mol. The van der Waals surface area contributed by atoms with Crippen LogP contribution in [-0.4, -0.2) is 54.5 Å². The van der Waals surface area contributed by atoms with E-state index in [1.54, 1.807) is 20.8 Å². The molecule has 11 heteroatoms. The maximum absolute atomic E-state index is 14.5. The summed E-state index contributed by atoms with van der Waals surface area (Å²) >= 11 is 0. The van der Waals surface area contributed by atoms with Gasteiger partial charge in [-0.15, -0.1) is 0 Å². The number of rotatable bonds is 8. The molecule has 2 aliphatic rings. The third kappa shape index (κ3) is 6.56. The molecule has 0 aromatic heterocycles. The van der Waals surface area contributed by atoms with E-state index in [1.165, 1.54) is 24.3 Å². The molecular formula is C29H34F5N3O3. The minimum absolute atomic E-state index is 0.0433. The smallest absolute Gasteiger partial charge is 0.408 e. The molecule has 1 fully saturated rings. The van der Waals surface area contributed by atoms with Gasteiger partial charge in [-0.25, -0.2) is 13.6 Å². The van der Waals surface area contributed by atoms with Crippen molar-refractivity contribution in [3.05, 3.63) is 59.2 Å². The van der Waals surface area contributed by atoms with Gasteiger partial charge in [0, 0.05) is 13.1 Å². The fraction of sp³-hybridized carbons (Fsp3) is 0.517. The number of carbonyl (C=O) groups excluding carboxylic acids is 2. The molecule has 2 aromatic rings. The van der Waals surface area contributed by atoms with Crippen molar-refractivity contribution < 1.29 is 36.3 Å². The van der Waals surface area contributed by atoms with E-state index in [1.807, 2.05) is 5.32 Å². The lowest BCUT2D eigenvalue weighted by Crippen LogP contribution is -2.47. The molecule has 1 aliphatic heterocycles. The van der Waals surface area contributed by atoms with E-state index in [2.05, 4.69) is 10.2 Å². The number of fused-ring (bicyclic) bond motifs is 3. The van der Waals surface area contributed by atoms with E-state index < -0.39 is 47.4 Å². The average Bonchev–Trinajstić information content (AvgIpc) is 3.38. The number of carbonyl (C=O) groups is 2. The Bertz CT molecular complexity index is 1210. The third-order valence-electron chi connectivity index (χ3n) is 7.30. The fourth-order valence-electron chi connectivity index (χ4n) is 5.72. The van der Waals surface area contributed by atoms with Crippen LogP contribution in [0.2, 0.25) is 0 Å². The molecule has 1 unspecified atom stereocenters. The molecule has 0 spiro atoms. The maximum atomic E-state index is 14.5. The predicted molar refractivity (Wildman–Crippen MR) is 139 cm³/mol. The summed E-state index contributed by atoms with van der Waals surface area (Å²) in [4.78, 5) is 27.9. The van der Waals surface area contributed by atoms with E-state index in [-0.39, 0.29) is 23.7 Å². The molecule has 0 radical (unpaired) electrons. The van der Waals surface area contributed by atoms with Crippen LogP contribution < -0.4 is 10.6 Å². The van der Waals surface area contributed by atoms with Gasteiger partial charge in [-0.05, 0) is 93.0 Å². The summed E-state index contributed by atoms with van der Waals surface area (Å²) in [7, 11) is 0. The van der Waals surface area contributed by atoms with E-state index >= 15 is 0 Å². The first-order chi connectivity index (χ1) is 18.7. The van der Waals surface area contributed by atoms with Crippen LogP contribution in [0, 0.1) is 11.6 Å². The van der Waals surface area contributed by atoms with E-state index in [0.29, 0.717) is 30.5 Å². The first-order valence-corrected chi connectivity index (χ1v) is 13.4. The second kappa shape index (κ2) is 11.3. The topological polar surface area (TPSA) is 70.7 Å². The summed E-state index contributed by atoms with van der Waals surface area (Å²) < 4.78 is 73.5. The molecule has 1 aliphatic carbocycles. The number of alkyl carbamates (subject to hydrolysis) is 1. The Morgan fingerprint density at radius 2 is 1.60 bits per heavy atom. The van der Waals surface area contributed by atoms with Crippen molar-refractivity contribution in [2.75, 3.05) is 19.6 Å². The Morgan fingerprint density at radius 1 is 1.00 bits per heavy atom. The summed E-state index contributed by atoms with van der Waals surface area (Å²) in [5, 5.41) is 4.85. The number of likely N-dealkylation sites (tertiary alicyclic amines) is 1. The highest BCUT2D eigenvalue weighted by molar-refractivity contribution is 6.00. The SMILES string of the molecule is CC(C)(C)OC(=O)NC1CCCN1CCCCC1(C(=O)NCC(F)(F)F)c2cc(F)ccc2-c2ccc(F)cc21. The van der Waals surface area contributed by atoms with Crippen molar-refractivity contribution in [3.63, 3.8) is 0 Å². The number of halogens is 5. The molecular weight excluding hydrogens is 533 g/mol. The number of amides is 2. The van der Waals surface area contributed by atoms with Gasteiger partial charge < -0.3 is 15.4 Å². The molecule has 4 rings (SSSR count). The Labute approximate surface area is 230 Å². The van der Waals surface area contributed by atoms with Crippen molar-refractivity contribution in [1.82, 2.24) is 15.5 Å². The summed E-state index contributed by atoms with van der Waals surface area (Å²) in [5.74, 6) is -2.24. The van der Waals surface area contributed by atoms with Crippen LogP contribution in [0.4, 0.5) is 26.7 Å². The molecule has 1 saturated heterocycles. The van der Waals surface area contributed by atoms with Gasteiger partial charge in [0.1, 0.15) is 29.2 Å². The van der Waals surface area contributed by atoms with E-state index in [0.717, 1.165) is 31.5 Å². The van der Waals surface area contributed by atoms with Crippen molar-refractivity contribution in [1.29, 1.82) is 0 Å². The number of hydrogen-bond donors (Lipinski definition) is 2. The van der Waals surface area contributed by atoms with Crippen molar-refractivity contribution in [2.24, 2.45) is 0 Å². The molecule has 40 heavy (non-hydrogen) atoms. The Balaban J connectivity index is 1.55. The predicted octanol–water partition coefficient (Wildman–Crippen LogP) is 6.03. The lowest BCUT2D eigenvalue weighted by Gasteiger charge is -2.32. The zero-order valence-electron chi connectivity index (χ0n) is 22.8. The zero-order valence-corrected chi connectivity index (χ0v) is 22.8. The Morgan fingerprint density at radius 3 is 2.15 bits per heavy atom. The van der Waals surface area contributed by atoms with Crippen LogP contribution in [0.5, 0.6) is 0 Å². The second-order valence-electron chi connectivity index (χ2n) is 11.4. The van der Waals surface area contributed by atoms with Crippen molar-refractivity contribution >= 4 is 12.0 Å². The average molecular weight is 568 g/mol. The normalized spacial score (nSPS) is 18.2. The Hall–Kier alpha value is -3.21.